The SMILES string of the molecule is CC(C)c1cc(C(=O)NC2CCCNC2C)c2ccccc2n1. The number of fused-ring (bicyclic) bond motifs is 1. The van der Waals surface area contributed by atoms with E-state index in [0.29, 0.717) is 12.0 Å². The van der Waals surface area contributed by atoms with Gasteiger partial charge in [-0.1, -0.05) is 32.0 Å². The Balaban J connectivity index is 1.95. The summed E-state index contributed by atoms with van der Waals surface area (Å²) in [4.78, 5) is 17.6. The molecule has 2 aromatic rings. The van der Waals surface area contributed by atoms with Crippen LogP contribution < -0.4 is 10.6 Å². The minimum absolute atomic E-state index is 0.00560. The summed E-state index contributed by atoms with van der Waals surface area (Å²) in [6.45, 7) is 7.37. The molecule has 122 valence electrons. The fraction of sp³-hybridized carbons (Fsp3) is 0.474. The van der Waals surface area contributed by atoms with Crippen molar-refractivity contribution in [1.29, 1.82) is 0 Å². The molecule has 0 bridgehead atoms. The molecule has 4 heteroatoms. The Hall–Kier alpha value is -1.94. The maximum Gasteiger partial charge on any atom is 0.252 e. The van der Waals surface area contributed by atoms with Gasteiger partial charge >= 0.3 is 0 Å². The van der Waals surface area contributed by atoms with E-state index in [0.717, 1.165) is 41.5 Å². The maximum absolute atomic E-state index is 12.9. The fourth-order valence-corrected chi connectivity index (χ4v) is 3.17. The summed E-state index contributed by atoms with van der Waals surface area (Å²) in [5, 5.41) is 7.56. The van der Waals surface area contributed by atoms with E-state index in [-0.39, 0.29) is 11.9 Å². The van der Waals surface area contributed by atoms with E-state index in [1.165, 1.54) is 0 Å². The number of nitrogens with one attached hydrogen (secondary N) is 2. The van der Waals surface area contributed by atoms with Crippen LogP contribution in [0, 0.1) is 0 Å². The lowest BCUT2D eigenvalue weighted by atomic mass is 9.98. The van der Waals surface area contributed by atoms with E-state index in [4.69, 9.17) is 0 Å². The predicted molar refractivity (Wildman–Crippen MR) is 93.8 cm³/mol. The smallest absolute Gasteiger partial charge is 0.252 e. The second-order valence-corrected chi connectivity index (χ2v) is 6.73. The van der Waals surface area contributed by atoms with E-state index in [1.54, 1.807) is 0 Å². The van der Waals surface area contributed by atoms with E-state index in [2.05, 4.69) is 36.4 Å². The molecule has 3 rings (SSSR count). The zero-order valence-corrected chi connectivity index (χ0v) is 14.1. The van der Waals surface area contributed by atoms with Gasteiger partial charge in [-0.3, -0.25) is 9.78 Å². The molecular weight excluding hydrogens is 286 g/mol. The first-order valence-corrected chi connectivity index (χ1v) is 8.50. The van der Waals surface area contributed by atoms with Crippen molar-refractivity contribution in [2.75, 3.05) is 6.54 Å². The molecule has 0 radical (unpaired) electrons. The summed E-state index contributed by atoms with van der Waals surface area (Å²) >= 11 is 0. The Morgan fingerprint density at radius 3 is 2.87 bits per heavy atom. The third-order valence-corrected chi connectivity index (χ3v) is 4.65. The molecule has 0 saturated carbocycles. The lowest BCUT2D eigenvalue weighted by Gasteiger charge is -2.30. The summed E-state index contributed by atoms with van der Waals surface area (Å²) in [5.74, 6) is 0.299. The molecule has 2 heterocycles. The van der Waals surface area contributed by atoms with Crippen LogP contribution >= 0.6 is 0 Å². The number of nitrogens with zero attached hydrogens (tertiary/aromatic N) is 1. The number of aromatic nitrogens is 1. The number of benzene rings is 1. The van der Waals surface area contributed by atoms with Gasteiger partial charge in [0.2, 0.25) is 0 Å². The highest BCUT2D eigenvalue weighted by Gasteiger charge is 2.24. The largest absolute Gasteiger partial charge is 0.348 e. The summed E-state index contributed by atoms with van der Waals surface area (Å²) in [6.07, 6.45) is 2.13. The van der Waals surface area contributed by atoms with Crippen molar-refractivity contribution in [1.82, 2.24) is 15.6 Å². The summed E-state index contributed by atoms with van der Waals surface area (Å²) < 4.78 is 0. The lowest BCUT2D eigenvalue weighted by Crippen LogP contribution is -2.51. The number of carbonyl (C=O) groups excluding carboxylic acids is 1. The van der Waals surface area contributed by atoms with Crippen LogP contribution in [0.1, 0.15) is 55.6 Å². The zero-order chi connectivity index (χ0) is 16.4. The van der Waals surface area contributed by atoms with Crippen LogP contribution in [0.4, 0.5) is 0 Å². The van der Waals surface area contributed by atoms with Crippen molar-refractivity contribution in [3.63, 3.8) is 0 Å². The van der Waals surface area contributed by atoms with Crippen LogP contribution in [0.25, 0.3) is 10.9 Å². The number of para-hydroxylation sites is 1. The van der Waals surface area contributed by atoms with Crippen molar-refractivity contribution in [2.45, 2.75) is 51.6 Å². The molecule has 1 aromatic heterocycles. The number of hydrogen-bond donors (Lipinski definition) is 2. The van der Waals surface area contributed by atoms with Gasteiger partial charge in [0.15, 0.2) is 0 Å². The molecule has 0 aliphatic carbocycles. The summed E-state index contributed by atoms with van der Waals surface area (Å²) in [5.41, 5.74) is 2.58. The molecule has 2 atom stereocenters. The van der Waals surface area contributed by atoms with Crippen molar-refractivity contribution in [3.8, 4) is 0 Å². The number of piperidine rings is 1. The fourth-order valence-electron chi connectivity index (χ4n) is 3.17. The number of pyridine rings is 1. The Morgan fingerprint density at radius 1 is 1.35 bits per heavy atom. The molecule has 1 saturated heterocycles. The van der Waals surface area contributed by atoms with E-state index in [9.17, 15) is 4.79 Å². The van der Waals surface area contributed by atoms with E-state index in [1.807, 2.05) is 30.3 Å². The van der Waals surface area contributed by atoms with Gasteiger partial charge in [0.05, 0.1) is 11.1 Å². The first kappa shape index (κ1) is 15.9. The van der Waals surface area contributed by atoms with Crippen molar-refractivity contribution < 1.29 is 4.79 Å². The lowest BCUT2D eigenvalue weighted by molar-refractivity contribution is 0.0921. The maximum atomic E-state index is 12.9. The summed E-state index contributed by atoms with van der Waals surface area (Å²) in [7, 11) is 0. The second kappa shape index (κ2) is 6.67. The Labute approximate surface area is 137 Å². The highest BCUT2D eigenvalue weighted by Crippen LogP contribution is 2.23. The zero-order valence-electron chi connectivity index (χ0n) is 14.1. The Morgan fingerprint density at radius 2 is 2.13 bits per heavy atom. The molecular formula is C19H25N3O. The number of rotatable bonds is 3. The van der Waals surface area contributed by atoms with Gasteiger partial charge in [0.25, 0.3) is 5.91 Å². The third-order valence-electron chi connectivity index (χ3n) is 4.65. The molecule has 1 aliphatic rings. The Bertz CT molecular complexity index is 711. The average Bonchev–Trinajstić information content (AvgIpc) is 2.55. The van der Waals surface area contributed by atoms with Crippen LogP contribution in [-0.2, 0) is 0 Å². The molecule has 1 fully saturated rings. The minimum atomic E-state index is 0.00560. The van der Waals surface area contributed by atoms with Crippen LogP contribution in [0.5, 0.6) is 0 Å². The Kier molecular flexibility index (Phi) is 4.62. The highest BCUT2D eigenvalue weighted by molar-refractivity contribution is 6.06. The van der Waals surface area contributed by atoms with Gasteiger partial charge in [-0.05, 0) is 44.4 Å². The van der Waals surface area contributed by atoms with Crippen LogP contribution in [0.3, 0.4) is 0 Å². The van der Waals surface area contributed by atoms with Gasteiger partial charge in [0.1, 0.15) is 0 Å². The minimum Gasteiger partial charge on any atom is -0.348 e. The quantitative estimate of drug-likeness (QED) is 0.915. The highest BCUT2D eigenvalue weighted by atomic mass is 16.1. The van der Waals surface area contributed by atoms with Crippen molar-refractivity contribution in [2.24, 2.45) is 0 Å². The molecule has 1 amide bonds. The van der Waals surface area contributed by atoms with Gasteiger partial charge in [-0.2, -0.15) is 0 Å². The normalized spacial score (nSPS) is 21.6. The molecule has 4 nitrogen and oxygen atoms in total. The average molecular weight is 311 g/mol. The van der Waals surface area contributed by atoms with Gasteiger partial charge in [-0.15, -0.1) is 0 Å². The molecule has 0 spiro atoms. The monoisotopic (exact) mass is 311 g/mol. The van der Waals surface area contributed by atoms with Crippen molar-refractivity contribution >= 4 is 16.8 Å². The first-order chi connectivity index (χ1) is 11.1. The van der Waals surface area contributed by atoms with Gasteiger partial charge in [0, 0.05) is 23.2 Å². The van der Waals surface area contributed by atoms with E-state index >= 15 is 0 Å². The number of carbonyl (C=O) groups is 1. The third kappa shape index (κ3) is 3.37. The van der Waals surface area contributed by atoms with Crippen LogP contribution in [0.15, 0.2) is 30.3 Å². The molecule has 1 aromatic carbocycles. The predicted octanol–water partition coefficient (Wildman–Crippen LogP) is 3.23. The number of amides is 1. The molecule has 2 unspecified atom stereocenters. The topological polar surface area (TPSA) is 54.0 Å². The first-order valence-electron chi connectivity index (χ1n) is 8.50. The van der Waals surface area contributed by atoms with Crippen LogP contribution in [-0.4, -0.2) is 29.5 Å². The van der Waals surface area contributed by atoms with Crippen molar-refractivity contribution in [3.05, 3.63) is 41.6 Å². The number of hydrogen-bond acceptors (Lipinski definition) is 3. The van der Waals surface area contributed by atoms with Crippen LogP contribution in [0.2, 0.25) is 0 Å². The van der Waals surface area contributed by atoms with Gasteiger partial charge < -0.3 is 10.6 Å². The molecule has 23 heavy (non-hydrogen) atoms. The molecule has 2 N–H and O–H groups in total. The standard InChI is InChI=1S/C19H25N3O/c1-12(2)18-11-15(14-7-4-5-8-17(14)21-18)19(23)22-16-9-6-10-20-13(16)3/h4-5,7-8,11-13,16,20H,6,9-10H2,1-3H3,(H,22,23). The summed E-state index contributed by atoms with van der Waals surface area (Å²) in [6, 6.07) is 10.3. The van der Waals surface area contributed by atoms with Gasteiger partial charge in [-0.25, -0.2) is 0 Å². The van der Waals surface area contributed by atoms with E-state index < -0.39 is 0 Å². The molecule has 1 aliphatic heterocycles. The second-order valence-electron chi connectivity index (χ2n) is 6.73.